The predicted octanol–water partition coefficient (Wildman–Crippen LogP) is 2.34. The molecule has 1 aromatic heterocycles. The van der Waals surface area contributed by atoms with Crippen LogP contribution in [0, 0.1) is 6.92 Å². The summed E-state index contributed by atoms with van der Waals surface area (Å²) in [6, 6.07) is 5.42. The number of methoxy groups -OCH3 is 1. The van der Waals surface area contributed by atoms with Crippen molar-refractivity contribution in [2.45, 2.75) is 6.92 Å². The summed E-state index contributed by atoms with van der Waals surface area (Å²) >= 11 is 1.21. The van der Waals surface area contributed by atoms with Crippen molar-refractivity contribution in [3.63, 3.8) is 0 Å². The minimum Gasteiger partial charge on any atom is -0.496 e. The number of nitrogens with two attached hydrogens (primary N) is 1. The van der Waals surface area contributed by atoms with Gasteiger partial charge in [-0.05, 0) is 30.7 Å². The molecule has 0 aliphatic rings. The van der Waals surface area contributed by atoms with Crippen LogP contribution in [0.4, 0.5) is 16.6 Å². The lowest BCUT2D eigenvalue weighted by atomic mass is 10.2. The van der Waals surface area contributed by atoms with E-state index < -0.39 is 0 Å². The summed E-state index contributed by atoms with van der Waals surface area (Å²) in [4.78, 5) is 16.6. The second-order valence-corrected chi connectivity index (χ2v) is 5.12. The van der Waals surface area contributed by atoms with Crippen molar-refractivity contribution in [2.24, 2.45) is 0 Å². The molecule has 0 saturated carbocycles. The number of aryl methyl sites for hydroxylation is 1. The number of carbonyl (C=O) groups is 1. The third-order valence-electron chi connectivity index (χ3n) is 2.73. The van der Waals surface area contributed by atoms with Gasteiger partial charge in [-0.25, -0.2) is 4.98 Å². The molecule has 0 fully saturated rings. The van der Waals surface area contributed by atoms with E-state index in [0.717, 1.165) is 11.3 Å². The summed E-state index contributed by atoms with van der Waals surface area (Å²) in [5.41, 5.74) is 7.36. The molecule has 0 aliphatic heterocycles. The summed E-state index contributed by atoms with van der Waals surface area (Å²) in [7, 11) is 3.34. The van der Waals surface area contributed by atoms with Crippen LogP contribution < -0.4 is 21.1 Å². The minimum atomic E-state index is -0.272. The van der Waals surface area contributed by atoms with Crippen LogP contribution in [-0.2, 0) is 0 Å². The first-order valence-corrected chi connectivity index (χ1v) is 6.77. The lowest BCUT2D eigenvalue weighted by molar-refractivity contribution is 0.103. The number of nitrogens with one attached hydrogen (secondary N) is 2. The van der Waals surface area contributed by atoms with Crippen LogP contribution in [0.15, 0.2) is 18.2 Å². The number of thiazole rings is 1. The molecule has 0 radical (unpaired) electrons. The molecule has 0 unspecified atom stereocenters. The number of hydrogen-bond donors (Lipinski definition) is 3. The molecule has 20 heavy (non-hydrogen) atoms. The van der Waals surface area contributed by atoms with E-state index in [0.29, 0.717) is 15.7 Å². The molecular weight excluding hydrogens is 276 g/mol. The van der Waals surface area contributed by atoms with Gasteiger partial charge in [-0.1, -0.05) is 11.3 Å². The first-order chi connectivity index (χ1) is 9.55. The lowest BCUT2D eigenvalue weighted by Crippen LogP contribution is -2.12. The summed E-state index contributed by atoms with van der Waals surface area (Å²) in [5, 5.41) is 6.27. The quantitative estimate of drug-likeness (QED) is 0.805. The van der Waals surface area contributed by atoms with E-state index in [1.165, 1.54) is 11.3 Å². The Hall–Kier alpha value is -2.28. The van der Waals surface area contributed by atoms with Crippen LogP contribution in [0.2, 0.25) is 0 Å². The summed E-state index contributed by atoms with van der Waals surface area (Å²) in [5.74, 6) is 0.728. The fourth-order valence-corrected chi connectivity index (χ4v) is 2.48. The van der Waals surface area contributed by atoms with Crippen LogP contribution in [0.25, 0.3) is 0 Å². The Labute approximate surface area is 121 Å². The van der Waals surface area contributed by atoms with Crippen molar-refractivity contribution in [3.8, 4) is 5.75 Å². The van der Waals surface area contributed by atoms with Crippen LogP contribution in [-0.4, -0.2) is 25.0 Å². The van der Waals surface area contributed by atoms with Gasteiger partial charge in [-0.3, -0.25) is 4.79 Å². The van der Waals surface area contributed by atoms with Gasteiger partial charge < -0.3 is 21.1 Å². The summed E-state index contributed by atoms with van der Waals surface area (Å²) in [6.45, 7) is 1.91. The Balaban J connectivity index is 2.18. The first kappa shape index (κ1) is 14.1. The maximum Gasteiger partial charge on any atom is 0.269 e. The lowest BCUT2D eigenvalue weighted by Gasteiger charge is -2.08. The summed E-state index contributed by atoms with van der Waals surface area (Å²) in [6.07, 6.45) is 0. The number of hydrogen-bond acceptors (Lipinski definition) is 6. The standard InChI is InChI=1S/C13H16N4O2S/c1-7-6-8(4-5-9(7)19-3)16-12(18)10-11(14)17-13(15-2)20-10/h4-6H,14H2,1-3H3,(H,15,17)(H,16,18). The van der Waals surface area contributed by atoms with E-state index in [2.05, 4.69) is 15.6 Å². The van der Waals surface area contributed by atoms with Crippen molar-refractivity contribution in [2.75, 3.05) is 30.5 Å². The second-order valence-electron chi connectivity index (χ2n) is 4.12. The number of amides is 1. The molecule has 0 saturated heterocycles. The number of rotatable bonds is 4. The van der Waals surface area contributed by atoms with Crippen molar-refractivity contribution in [1.29, 1.82) is 0 Å². The topological polar surface area (TPSA) is 89.3 Å². The monoisotopic (exact) mass is 292 g/mol. The fraction of sp³-hybridized carbons (Fsp3) is 0.231. The Bertz CT molecular complexity index is 639. The van der Waals surface area contributed by atoms with Crippen LogP contribution in [0.5, 0.6) is 5.75 Å². The smallest absolute Gasteiger partial charge is 0.269 e. The molecule has 7 heteroatoms. The molecule has 2 aromatic rings. The van der Waals surface area contributed by atoms with Gasteiger partial charge in [-0.15, -0.1) is 0 Å². The van der Waals surface area contributed by atoms with Crippen molar-refractivity contribution in [1.82, 2.24) is 4.98 Å². The molecule has 1 aromatic carbocycles. The highest BCUT2D eigenvalue weighted by Crippen LogP contribution is 2.26. The zero-order valence-corrected chi connectivity index (χ0v) is 12.3. The second kappa shape index (κ2) is 5.79. The van der Waals surface area contributed by atoms with Gasteiger partial charge in [0.2, 0.25) is 0 Å². The number of ether oxygens (including phenoxy) is 1. The van der Waals surface area contributed by atoms with E-state index in [-0.39, 0.29) is 11.7 Å². The first-order valence-electron chi connectivity index (χ1n) is 5.95. The molecule has 1 heterocycles. The van der Waals surface area contributed by atoms with Crippen molar-refractivity contribution < 1.29 is 9.53 Å². The zero-order chi connectivity index (χ0) is 14.7. The van der Waals surface area contributed by atoms with Crippen molar-refractivity contribution >= 4 is 33.9 Å². The van der Waals surface area contributed by atoms with Crippen LogP contribution in [0.3, 0.4) is 0 Å². The number of nitrogen functional groups attached to an aromatic ring is 1. The Morgan fingerprint density at radius 2 is 2.20 bits per heavy atom. The number of carbonyl (C=O) groups excluding carboxylic acids is 1. The molecular formula is C13H16N4O2S. The summed E-state index contributed by atoms with van der Waals surface area (Å²) < 4.78 is 5.18. The number of anilines is 3. The van der Waals surface area contributed by atoms with E-state index in [9.17, 15) is 4.79 Å². The largest absolute Gasteiger partial charge is 0.496 e. The highest BCUT2D eigenvalue weighted by atomic mass is 32.1. The van der Waals surface area contributed by atoms with Gasteiger partial charge in [0, 0.05) is 12.7 Å². The van der Waals surface area contributed by atoms with Crippen LogP contribution in [0.1, 0.15) is 15.2 Å². The molecule has 0 bridgehead atoms. The highest BCUT2D eigenvalue weighted by molar-refractivity contribution is 7.18. The van der Waals surface area contributed by atoms with E-state index in [1.54, 1.807) is 26.3 Å². The average Bonchev–Trinajstić information content (AvgIpc) is 2.80. The van der Waals surface area contributed by atoms with Gasteiger partial charge >= 0.3 is 0 Å². The molecule has 2 rings (SSSR count). The van der Waals surface area contributed by atoms with Crippen molar-refractivity contribution in [3.05, 3.63) is 28.6 Å². The predicted molar refractivity (Wildman–Crippen MR) is 81.8 cm³/mol. The average molecular weight is 292 g/mol. The molecule has 1 amide bonds. The van der Waals surface area contributed by atoms with Gasteiger partial charge in [0.25, 0.3) is 5.91 Å². The SMILES string of the molecule is CNc1nc(N)c(C(=O)Nc2ccc(OC)c(C)c2)s1. The fourth-order valence-electron chi connectivity index (χ4n) is 1.75. The molecule has 0 aliphatic carbocycles. The molecule has 0 atom stereocenters. The van der Waals surface area contributed by atoms with Gasteiger partial charge in [0.05, 0.1) is 7.11 Å². The molecule has 4 N–H and O–H groups in total. The number of nitrogens with zero attached hydrogens (tertiary/aromatic N) is 1. The molecule has 106 valence electrons. The molecule has 0 spiro atoms. The van der Waals surface area contributed by atoms with Gasteiger partial charge in [0.1, 0.15) is 16.4 Å². The Morgan fingerprint density at radius 1 is 1.45 bits per heavy atom. The van der Waals surface area contributed by atoms with E-state index >= 15 is 0 Å². The van der Waals surface area contributed by atoms with E-state index in [4.69, 9.17) is 10.5 Å². The number of aromatic nitrogens is 1. The third kappa shape index (κ3) is 2.83. The van der Waals surface area contributed by atoms with Gasteiger partial charge in [-0.2, -0.15) is 0 Å². The minimum absolute atomic E-state index is 0.224. The van der Waals surface area contributed by atoms with Gasteiger partial charge in [0.15, 0.2) is 5.13 Å². The molecule has 6 nitrogen and oxygen atoms in total. The highest BCUT2D eigenvalue weighted by Gasteiger charge is 2.16. The third-order valence-corrected chi connectivity index (χ3v) is 3.81. The van der Waals surface area contributed by atoms with Crippen LogP contribution >= 0.6 is 11.3 Å². The Morgan fingerprint density at radius 3 is 2.75 bits per heavy atom. The maximum atomic E-state index is 12.2. The normalized spacial score (nSPS) is 10.2. The zero-order valence-electron chi connectivity index (χ0n) is 11.5. The Kier molecular flexibility index (Phi) is 4.09. The number of benzene rings is 1. The maximum absolute atomic E-state index is 12.2. The van der Waals surface area contributed by atoms with E-state index in [1.807, 2.05) is 13.0 Å².